The first kappa shape index (κ1) is 13.5. The van der Waals surface area contributed by atoms with Crippen molar-refractivity contribution in [3.63, 3.8) is 0 Å². The lowest BCUT2D eigenvalue weighted by molar-refractivity contribution is 0.589. The van der Waals surface area contributed by atoms with Crippen LogP contribution in [0.25, 0.3) is 0 Å². The Hall–Kier alpha value is -1.55. The highest BCUT2D eigenvalue weighted by Gasteiger charge is 2.09. The molecule has 0 heterocycles. The second-order valence-corrected chi connectivity index (χ2v) is 4.65. The molecule has 0 fully saturated rings. The number of hydrogen-bond donors (Lipinski definition) is 3. The number of rotatable bonds is 4. The first-order valence-corrected chi connectivity index (χ1v) is 6.62. The van der Waals surface area contributed by atoms with Crippen LogP contribution in [0.4, 0.5) is 5.69 Å². The second kappa shape index (κ2) is 6.25. The molecule has 4 N–H and O–H groups in total. The van der Waals surface area contributed by atoms with Crippen LogP contribution < -0.4 is 15.2 Å². The maximum atomic E-state index is 11.5. The van der Waals surface area contributed by atoms with Crippen LogP contribution in [0, 0.1) is 11.8 Å². The van der Waals surface area contributed by atoms with E-state index in [0.717, 1.165) is 0 Å². The Morgan fingerprint density at radius 3 is 2.71 bits per heavy atom. The van der Waals surface area contributed by atoms with Gasteiger partial charge in [0.25, 0.3) is 10.2 Å². The third kappa shape index (κ3) is 4.44. The molecule has 0 radical (unpaired) electrons. The Kier molecular flexibility index (Phi) is 4.97. The molecule has 0 atom stereocenters. The van der Waals surface area contributed by atoms with Crippen molar-refractivity contribution in [2.45, 2.75) is 6.92 Å². The van der Waals surface area contributed by atoms with E-state index in [1.807, 2.05) is 0 Å². The Labute approximate surface area is 102 Å². The minimum atomic E-state index is -3.53. The summed E-state index contributed by atoms with van der Waals surface area (Å²) in [7, 11) is -3.53. The summed E-state index contributed by atoms with van der Waals surface area (Å²) < 4.78 is 27.8. The molecule has 1 aromatic carbocycles. The van der Waals surface area contributed by atoms with Crippen LogP contribution in [0.5, 0.6) is 0 Å². The zero-order valence-electron chi connectivity index (χ0n) is 9.53. The van der Waals surface area contributed by atoms with Gasteiger partial charge < -0.3 is 5.73 Å². The van der Waals surface area contributed by atoms with Crippen molar-refractivity contribution < 1.29 is 8.42 Å². The van der Waals surface area contributed by atoms with Gasteiger partial charge in [-0.1, -0.05) is 30.9 Å². The summed E-state index contributed by atoms with van der Waals surface area (Å²) in [6.07, 6.45) is 0. The summed E-state index contributed by atoms with van der Waals surface area (Å²) in [5, 5.41) is 0. The van der Waals surface area contributed by atoms with Gasteiger partial charge in [-0.25, -0.2) is 0 Å². The molecule has 0 saturated carbocycles. The fraction of sp³-hybridized carbons (Fsp3) is 0.273. The zero-order chi connectivity index (χ0) is 12.7. The maximum absolute atomic E-state index is 11.5. The van der Waals surface area contributed by atoms with Crippen LogP contribution in [0.2, 0.25) is 0 Å². The van der Waals surface area contributed by atoms with Crippen molar-refractivity contribution >= 4 is 15.9 Å². The number of para-hydroxylation sites is 1. The van der Waals surface area contributed by atoms with Gasteiger partial charge in [-0.15, -0.1) is 0 Å². The molecule has 0 unspecified atom stereocenters. The molecular formula is C11H15N3O2S. The van der Waals surface area contributed by atoms with Crippen molar-refractivity contribution in [2.24, 2.45) is 5.73 Å². The van der Waals surface area contributed by atoms with Gasteiger partial charge in [0, 0.05) is 12.1 Å². The zero-order valence-corrected chi connectivity index (χ0v) is 10.3. The van der Waals surface area contributed by atoms with E-state index in [0.29, 0.717) is 17.8 Å². The number of benzene rings is 1. The second-order valence-electron chi connectivity index (χ2n) is 3.15. The van der Waals surface area contributed by atoms with E-state index in [1.54, 1.807) is 31.2 Å². The van der Waals surface area contributed by atoms with Crippen LogP contribution in [-0.4, -0.2) is 21.5 Å². The summed E-state index contributed by atoms with van der Waals surface area (Å²) in [6, 6.07) is 6.89. The van der Waals surface area contributed by atoms with Crippen molar-refractivity contribution in [1.29, 1.82) is 0 Å². The normalized spacial score (nSPS) is 10.5. The van der Waals surface area contributed by atoms with Gasteiger partial charge in [-0.05, 0) is 12.1 Å². The van der Waals surface area contributed by atoms with Crippen LogP contribution in [-0.2, 0) is 10.2 Å². The minimum Gasteiger partial charge on any atom is -0.320 e. The molecule has 0 aliphatic heterocycles. The third-order valence-electron chi connectivity index (χ3n) is 1.83. The van der Waals surface area contributed by atoms with E-state index in [1.165, 1.54) is 0 Å². The lowest BCUT2D eigenvalue weighted by atomic mass is 10.2. The van der Waals surface area contributed by atoms with Crippen LogP contribution >= 0.6 is 0 Å². The van der Waals surface area contributed by atoms with Crippen LogP contribution in [0.3, 0.4) is 0 Å². The molecule has 0 spiro atoms. The van der Waals surface area contributed by atoms with Gasteiger partial charge in [0.1, 0.15) is 0 Å². The Morgan fingerprint density at radius 1 is 1.35 bits per heavy atom. The van der Waals surface area contributed by atoms with E-state index >= 15 is 0 Å². The summed E-state index contributed by atoms with van der Waals surface area (Å²) in [4.78, 5) is 0. The largest absolute Gasteiger partial charge is 0.320 e. The lowest BCUT2D eigenvalue weighted by Gasteiger charge is -2.09. The van der Waals surface area contributed by atoms with Crippen molar-refractivity contribution in [3.8, 4) is 11.8 Å². The van der Waals surface area contributed by atoms with Crippen LogP contribution in [0.1, 0.15) is 12.5 Å². The molecule has 0 bridgehead atoms. The highest BCUT2D eigenvalue weighted by molar-refractivity contribution is 7.90. The summed E-state index contributed by atoms with van der Waals surface area (Å²) in [6.45, 7) is 2.26. The predicted molar refractivity (Wildman–Crippen MR) is 68.6 cm³/mol. The van der Waals surface area contributed by atoms with Gasteiger partial charge in [-0.3, -0.25) is 4.72 Å². The molecule has 5 nitrogen and oxygen atoms in total. The molecule has 6 heteroatoms. The van der Waals surface area contributed by atoms with Crippen molar-refractivity contribution in [3.05, 3.63) is 29.8 Å². The predicted octanol–water partition coefficient (Wildman–Crippen LogP) is 0.263. The summed E-state index contributed by atoms with van der Waals surface area (Å²) in [5.41, 5.74) is 6.31. The van der Waals surface area contributed by atoms with Crippen molar-refractivity contribution in [2.75, 3.05) is 17.8 Å². The van der Waals surface area contributed by atoms with Gasteiger partial charge in [-0.2, -0.15) is 13.1 Å². The van der Waals surface area contributed by atoms with E-state index in [9.17, 15) is 8.42 Å². The average molecular weight is 253 g/mol. The Morgan fingerprint density at radius 2 is 2.06 bits per heavy atom. The number of anilines is 1. The first-order valence-electron chi connectivity index (χ1n) is 5.14. The summed E-state index contributed by atoms with van der Waals surface area (Å²) in [5.74, 6) is 5.49. The number of hydrogen-bond acceptors (Lipinski definition) is 3. The molecule has 92 valence electrons. The molecule has 0 amide bonds. The first-order chi connectivity index (χ1) is 8.09. The van der Waals surface area contributed by atoms with Gasteiger partial charge in [0.15, 0.2) is 0 Å². The minimum absolute atomic E-state index is 0.230. The summed E-state index contributed by atoms with van der Waals surface area (Å²) >= 11 is 0. The fourth-order valence-corrected chi connectivity index (χ4v) is 2.12. The molecule has 1 rings (SSSR count). The van der Waals surface area contributed by atoms with Crippen LogP contribution in [0.15, 0.2) is 24.3 Å². The van der Waals surface area contributed by atoms with E-state index in [-0.39, 0.29) is 6.54 Å². The topological polar surface area (TPSA) is 84.2 Å². The SMILES string of the molecule is CCNS(=O)(=O)Nc1ccccc1C#CCN. The molecule has 0 aliphatic rings. The van der Waals surface area contributed by atoms with E-state index < -0.39 is 10.2 Å². The maximum Gasteiger partial charge on any atom is 0.299 e. The molecular weight excluding hydrogens is 238 g/mol. The molecule has 0 aromatic heterocycles. The third-order valence-corrected chi connectivity index (χ3v) is 2.99. The molecule has 0 aliphatic carbocycles. The Bertz CT molecular complexity index is 529. The monoisotopic (exact) mass is 253 g/mol. The lowest BCUT2D eigenvalue weighted by Crippen LogP contribution is -2.30. The average Bonchev–Trinajstić information content (AvgIpc) is 2.27. The van der Waals surface area contributed by atoms with Gasteiger partial charge in [0.05, 0.1) is 12.2 Å². The van der Waals surface area contributed by atoms with E-state index in [2.05, 4.69) is 21.3 Å². The highest BCUT2D eigenvalue weighted by Crippen LogP contribution is 2.14. The number of nitrogens with two attached hydrogens (primary N) is 1. The quantitative estimate of drug-likeness (QED) is 0.673. The highest BCUT2D eigenvalue weighted by atomic mass is 32.2. The molecule has 1 aromatic rings. The molecule has 0 saturated heterocycles. The number of nitrogens with one attached hydrogen (secondary N) is 2. The fourth-order valence-electron chi connectivity index (χ4n) is 1.20. The molecule has 17 heavy (non-hydrogen) atoms. The smallest absolute Gasteiger partial charge is 0.299 e. The van der Waals surface area contributed by atoms with E-state index in [4.69, 9.17) is 5.73 Å². The van der Waals surface area contributed by atoms with Crippen molar-refractivity contribution in [1.82, 2.24) is 4.72 Å². The van der Waals surface area contributed by atoms with Gasteiger partial charge >= 0.3 is 0 Å². The van der Waals surface area contributed by atoms with Gasteiger partial charge in [0.2, 0.25) is 0 Å². The Balaban J connectivity index is 2.99. The standard InChI is InChI=1S/C11H15N3O2S/c1-2-13-17(15,16)14-11-8-4-3-6-10(11)7-5-9-12/h3-4,6,8,13-14H,2,9,12H2,1H3.